The fraction of sp³-hybridized carbons (Fsp3) is 0.706. The third kappa shape index (κ3) is 3.04. The molecule has 0 atom stereocenters. The second kappa shape index (κ2) is 6.96. The van der Waals surface area contributed by atoms with Crippen LogP contribution >= 0.6 is 15.9 Å². The molecule has 7 heteroatoms. The van der Waals surface area contributed by atoms with Gasteiger partial charge in [0.25, 0.3) is 5.56 Å². The highest BCUT2D eigenvalue weighted by atomic mass is 79.9. The maximum atomic E-state index is 12.9. The predicted molar refractivity (Wildman–Crippen MR) is 94.3 cm³/mol. The zero-order chi connectivity index (χ0) is 16.5. The van der Waals surface area contributed by atoms with Crippen LogP contribution in [-0.2, 0) is 11.3 Å². The Kier molecular flexibility index (Phi) is 4.72. The van der Waals surface area contributed by atoms with Crippen LogP contribution in [-0.4, -0.2) is 32.4 Å². The van der Waals surface area contributed by atoms with E-state index in [1.54, 1.807) is 0 Å². The molecule has 130 valence electrons. The van der Waals surface area contributed by atoms with Crippen LogP contribution in [0.4, 0.5) is 0 Å². The third-order valence-corrected chi connectivity index (χ3v) is 6.04. The highest BCUT2D eigenvalue weighted by molar-refractivity contribution is 9.10. The van der Waals surface area contributed by atoms with Crippen molar-refractivity contribution in [1.29, 1.82) is 0 Å². The molecule has 0 spiro atoms. The van der Waals surface area contributed by atoms with Gasteiger partial charge in [-0.15, -0.1) is 10.2 Å². The second-order valence-corrected chi connectivity index (χ2v) is 7.82. The van der Waals surface area contributed by atoms with Gasteiger partial charge in [0.1, 0.15) is 10.4 Å². The molecule has 1 saturated heterocycles. The summed E-state index contributed by atoms with van der Waals surface area (Å²) < 4.78 is 9.95. The average molecular weight is 395 g/mol. The molecule has 2 aromatic heterocycles. The van der Waals surface area contributed by atoms with Crippen LogP contribution in [0.3, 0.4) is 0 Å². The first kappa shape index (κ1) is 16.3. The van der Waals surface area contributed by atoms with Crippen molar-refractivity contribution in [2.24, 2.45) is 5.92 Å². The molecule has 2 fully saturated rings. The summed E-state index contributed by atoms with van der Waals surface area (Å²) in [6, 6.07) is 0. The first-order valence-corrected chi connectivity index (χ1v) is 9.75. The Bertz CT molecular complexity index is 773. The molecule has 4 rings (SSSR count). The molecule has 1 aliphatic heterocycles. The van der Waals surface area contributed by atoms with Crippen molar-refractivity contribution in [3.8, 4) is 0 Å². The van der Waals surface area contributed by atoms with E-state index in [1.165, 1.54) is 32.1 Å². The van der Waals surface area contributed by atoms with Gasteiger partial charge in [-0.05, 0) is 47.5 Å². The quantitative estimate of drug-likeness (QED) is 0.801. The van der Waals surface area contributed by atoms with E-state index >= 15 is 0 Å². The summed E-state index contributed by atoms with van der Waals surface area (Å²) in [6.07, 6.45) is 10.1. The smallest absolute Gasteiger partial charge is 0.297 e. The Morgan fingerprint density at radius 3 is 2.62 bits per heavy atom. The van der Waals surface area contributed by atoms with E-state index in [-0.39, 0.29) is 5.56 Å². The Balaban J connectivity index is 1.68. The molecular formula is C17H23BrN4O2. The Morgan fingerprint density at radius 1 is 1.12 bits per heavy atom. The minimum absolute atomic E-state index is 0.0410. The first-order chi connectivity index (χ1) is 11.7. The van der Waals surface area contributed by atoms with E-state index in [0.29, 0.717) is 17.5 Å². The molecule has 1 saturated carbocycles. The SMILES string of the molecule is O=c1c2nnc(C3CCOCC3)n2cc(Br)n1CC1CCCCC1. The molecule has 3 heterocycles. The van der Waals surface area contributed by atoms with E-state index in [9.17, 15) is 4.79 Å². The van der Waals surface area contributed by atoms with Crippen molar-refractivity contribution in [3.63, 3.8) is 0 Å². The molecule has 1 aliphatic carbocycles. The van der Waals surface area contributed by atoms with E-state index in [1.807, 2.05) is 15.2 Å². The summed E-state index contributed by atoms with van der Waals surface area (Å²) in [5.74, 6) is 1.79. The number of nitrogens with zero attached hydrogens (tertiary/aromatic N) is 4. The Labute approximate surface area is 149 Å². The summed E-state index contributed by atoms with van der Waals surface area (Å²) in [4.78, 5) is 12.9. The lowest BCUT2D eigenvalue weighted by molar-refractivity contribution is 0.0834. The summed E-state index contributed by atoms with van der Waals surface area (Å²) >= 11 is 3.60. The first-order valence-electron chi connectivity index (χ1n) is 8.96. The average Bonchev–Trinajstić information content (AvgIpc) is 3.04. The number of fused-ring (bicyclic) bond motifs is 1. The van der Waals surface area contributed by atoms with Crippen molar-refractivity contribution >= 4 is 21.6 Å². The van der Waals surface area contributed by atoms with Gasteiger partial charge >= 0.3 is 0 Å². The standard InChI is InChI=1S/C17H23BrN4O2/c18-14-11-22-15(13-6-8-24-9-7-13)19-20-16(22)17(23)21(14)10-12-4-2-1-3-5-12/h11-13H,1-10H2. The second-order valence-electron chi connectivity index (χ2n) is 7.01. The Hall–Kier alpha value is -1.21. The van der Waals surface area contributed by atoms with Gasteiger partial charge in [-0.1, -0.05) is 19.3 Å². The van der Waals surface area contributed by atoms with Gasteiger partial charge in [-0.3, -0.25) is 13.8 Å². The molecule has 2 aliphatic rings. The molecule has 6 nitrogen and oxygen atoms in total. The fourth-order valence-corrected chi connectivity index (χ4v) is 4.51. The maximum Gasteiger partial charge on any atom is 0.297 e. The lowest BCUT2D eigenvalue weighted by atomic mass is 9.89. The number of rotatable bonds is 3. The molecule has 0 aromatic carbocycles. The molecule has 24 heavy (non-hydrogen) atoms. The van der Waals surface area contributed by atoms with E-state index in [2.05, 4.69) is 26.1 Å². The lowest BCUT2D eigenvalue weighted by Gasteiger charge is -2.23. The predicted octanol–water partition coefficient (Wildman–Crippen LogP) is 3.13. The molecule has 0 bridgehead atoms. The van der Waals surface area contributed by atoms with Crippen LogP contribution in [0.25, 0.3) is 5.65 Å². The minimum atomic E-state index is -0.0410. The molecule has 0 unspecified atom stereocenters. The van der Waals surface area contributed by atoms with Gasteiger partial charge in [0.05, 0.1) is 0 Å². The molecular weight excluding hydrogens is 372 g/mol. The van der Waals surface area contributed by atoms with Gasteiger partial charge in [0, 0.05) is 31.9 Å². The van der Waals surface area contributed by atoms with Crippen LogP contribution in [0.5, 0.6) is 0 Å². The normalized spacial score (nSPS) is 20.7. The minimum Gasteiger partial charge on any atom is -0.381 e. The van der Waals surface area contributed by atoms with Crippen LogP contribution < -0.4 is 5.56 Å². The monoisotopic (exact) mass is 394 g/mol. The van der Waals surface area contributed by atoms with Gasteiger partial charge in [-0.2, -0.15) is 0 Å². The van der Waals surface area contributed by atoms with Gasteiger partial charge < -0.3 is 4.74 Å². The highest BCUT2D eigenvalue weighted by Crippen LogP contribution is 2.28. The number of hydrogen-bond acceptors (Lipinski definition) is 4. The lowest BCUT2D eigenvalue weighted by Crippen LogP contribution is -2.28. The zero-order valence-corrected chi connectivity index (χ0v) is 15.4. The third-order valence-electron chi connectivity index (χ3n) is 5.40. The molecule has 0 amide bonds. The van der Waals surface area contributed by atoms with Crippen molar-refractivity contribution < 1.29 is 4.74 Å². The van der Waals surface area contributed by atoms with Crippen molar-refractivity contribution in [2.75, 3.05) is 13.2 Å². The van der Waals surface area contributed by atoms with E-state index < -0.39 is 0 Å². The van der Waals surface area contributed by atoms with Crippen molar-refractivity contribution in [2.45, 2.75) is 57.4 Å². The summed E-state index contributed by atoms with van der Waals surface area (Å²) in [5, 5.41) is 8.54. The Morgan fingerprint density at radius 2 is 1.88 bits per heavy atom. The zero-order valence-electron chi connectivity index (χ0n) is 13.8. The van der Waals surface area contributed by atoms with Gasteiger partial charge in [-0.25, -0.2) is 0 Å². The van der Waals surface area contributed by atoms with E-state index in [0.717, 1.165) is 43.0 Å². The maximum absolute atomic E-state index is 12.9. The number of hydrogen-bond donors (Lipinski definition) is 0. The molecule has 2 aromatic rings. The summed E-state index contributed by atoms with van der Waals surface area (Å²) in [7, 11) is 0. The summed E-state index contributed by atoms with van der Waals surface area (Å²) in [5.41, 5.74) is 0.399. The van der Waals surface area contributed by atoms with E-state index in [4.69, 9.17) is 4.74 Å². The highest BCUT2D eigenvalue weighted by Gasteiger charge is 2.24. The summed E-state index contributed by atoms with van der Waals surface area (Å²) in [6.45, 7) is 2.27. The topological polar surface area (TPSA) is 61.4 Å². The van der Waals surface area contributed by atoms with Crippen molar-refractivity contribution in [1.82, 2.24) is 19.2 Å². The number of aromatic nitrogens is 4. The van der Waals surface area contributed by atoms with Crippen LogP contribution in [0.1, 0.15) is 56.7 Å². The molecule has 0 radical (unpaired) electrons. The number of ether oxygens (including phenoxy) is 1. The number of halogens is 1. The van der Waals surface area contributed by atoms with Crippen molar-refractivity contribution in [3.05, 3.63) is 27.0 Å². The van der Waals surface area contributed by atoms with Crippen LogP contribution in [0.2, 0.25) is 0 Å². The van der Waals surface area contributed by atoms with Gasteiger partial charge in [0.2, 0.25) is 5.65 Å². The fourth-order valence-electron chi connectivity index (χ4n) is 4.00. The van der Waals surface area contributed by atoms with Crippen LogP contribution in [0, 0.1) is 5.92 Å². The van der Waals surface area contributed by atoms with Crippen LogP contribution in [0.15, 0.2) is 15.6 Å². The molecule has 0 N–H and O–H groups in total. The largest absolute Gasteiger partial charge is 0.381 e. The van der Waals surface area contributed by atoms with Gasteiger partial charge in [0.15, 0.2) is 0 Å².